The van der Waals surface area contributed by atoms with Crippen LogP contribution in [0.4, 0.5) is 10.7 Å². The van der Waals surface area contributed by atoms with Gasteiger partial charge in [0.25, 0.3) is 0 Å². The molecule has 0 saturated heterocycles. The summed E-state index contributed by atoms with van der Waals surface area (Å²) >= 11 is 3.36. The van der Waals surface area contributed by atoms with Crippen molar-refractivity contribution in [1.82, 2.24) is 0 Å². The van der Waals surface area contributed by atoms with Gasteiger partial charge in [-0.05, 0) is 40.4 Å². The quantitative estimate of drug-likeness (QED) is 0.799. The zero-order valence-electron chi connectivity index (χ0n) is 11.5. The molecule has 4 nitrogen and oxygen atoms in total. The Morgan fingerprint density at radius 1 is 1.48 bits per heavy atom. The van der Waals surface area contributed by atoms with Gasteiger partial charge in [0.1, 0.15) is 12.4 Å². The lowest BCUT2D eigenvalue weighted by Crippen LogP contribution is -2.15. The molecule has 2 rings (SSSR count). The molecule has 110 valence electrons. The third kappa shape index (κ3) is 3.76. The molecule has 0 atom stereocenters. The Balaban J connectivity index is 1.98. The van der Waals surface area contributed by atoms with Gasteiger partial charge in [0.15, 0.2) is 0 Å². The maximum Gasteiger partial charge on any atom is 0.414 e. The van der Waals surface area contributed by atoms with Crippen LogP contribution in [-0.2, 0) is 4.74 Å². The molecule has 0 radical (unpaired) electrons. The Morgan fingerprint density at radius 3 is 2.86 bits per heavy atom. The third-order valence-corrected chi connectivity index (χ3v) is 3.79. The van der Waals surface area contributed by atoms with E-state index in [4.69, 9.17) is 9.15 Å². The number of ether oxygens (including phenoxy) is 1. The highest BCUT2D eigenvalue weighted by atomic mass is 79.9. The Labute approximate surface area is 132 Å². The Bertz CT molecular complexity index is 626. The van der Waals surface area contributed by atoms with Crippen molar-refractivity contribution in [2.75, 3.05) is 11.9 Å². The van der Waals surface area contributed by atoms with Crippen molar-refractivity contribution in [3.63, 3.8) is 0 Å². The lowest BCUT2D eigenvalue weighted by Gasteiger charge is -2.10. The molecule has 0 spiro atoms. The van der Waals surface area contributed by atoms with Gasteiger partial charge < -0.3 is 9.15 Å². The number of anilines is 1. The average Bonchev–Trinajstić information content (AvgIpc) is 2.81. The number of amides is 1. The summed E-state index contributed by atoms with van der Waals surface area (Å²) in [5, 5.41) is 2.56. The van der Waals surface area contributed by atoms with E-state index in [-0.39, 0.29) is 12.5 Å². The summed E-state index contributed by atoms with van der Waals surface area (Å²) in [4.78, 5) is 11.8. The highest BCUT2D eigenvalue weighted by molar-refractivity contribution is 9.10. The summed E-state index contributed by atoms with van der Waals surface area (Å²) < 4.78 is 11.3. The number of carbonyl (C=O) groups is 1. The van der Waals surface area contributed by atoms with Gasteiger partial charge in [0.2, 0.25) is 5.88 Å². The fraction of sp³-hybridized carbons (Fsp3) is 0.188. The lowest BCUT2D eigenvalue weighted by atomic mass is 10.1. The minimum atomic E-state index is -0.564. The van der Waals surface area contributed by atoms with Crippen LogP contribution in [0.3, 0.4) is 0 Å². The summed E-state index contributed by atoms with van der Waals surface area (Å²) in [5.74, 6) is 0.814. The number of halogens is 1. The summed E-state index contributed by atoms with van der Waals surface area (Å²) in [6.45, 7) is 7.62. The number of nitrogens with one attached hydrogen (secondary N) is 1. The van der Waals surface area contributed by atoms with Crippen molar-refractivity contribution in [2.24, 2.45) is 0 Å². The number of allylic oxidation sites excluding steroid dienone is 3. The van der Waals surface area contributed by atoms with Crippen LogP contribution in [0.2, 0.25) is 0 Å². The first-order valence-electron chi connectivity index (χ1n) is 6.51. The number of furan rings is 1. The van der Waals surface area contributed by atoms with E-state index in [1.54, 1.807) is 12.2 Å². The molecular weight excluding hydrogens is 334 g/mol. The Morgan fingerprint density at radius 2 is 2.29 bits per heavy atom. The number of hydrogen-bond donors (Lipinski definition) is 1. The normalized spacial score (nSPS) is 13.5. The molecule has 0 aliphatic heterocycles. The van der Waals surface area contributed by atoms with Gasteiger partial charge >= 0.3 is 6.09 Å². The first-order valence-corrected chi connectivity index (χ1v) is 7.30. The second-order valence-corrected chi connectivity index (χ2v) is 5.22. The number of carbonyl (C=O) groups excluding carboxylic acids is 1. The predicted octanol–water partition coefficient (Wildman–Crippen LogP) is 5.15. The monoisotopic (exact) mass is 349 g/mol. The molecule has 1 aliphatic rings. The molecule has 1 aliphatic carbocycles. The molecule has 1 N–H and O–H groups in total. The van der Waals surface area contributed by atoms with Gasteiger partial charge in [0.05, 0.1) is 4.47 Å². The third-order valence-electron chi connectivity index (χ3n) is 3.01. The molecule has 1 aromatic heterocycles. The zero-order chi connectivity index (χ0) is 15.2. The van der Waals surface area contributed by atoms with E-state index in [1.165, 1.54) is 0 Å². The Kier molecular flexibility index (Phi) is 5.22. The molecule has 1 amide bonds. The molecule has 0 saturated carbocycles. The molecule has 0 unspecified atom stereocenters. The molecule has 21 heavy (non-hydrogen) atoms. The van der Waals surface area contributed by atoms with Gasteiger partial charge in [-0.25, -0.2) is 4.79 Å². The highest BCUT2D eigenvalue weighted by Gasteiger charge is 2.17. The van der Waals surface area contributed by atoms with Crippen molar-refractivity contribution in [3.8, 4) is 0 Å². The molecule has 1 heterocycles. The maximum absolute atomic E-state index is 11.8. The van der Waals surface area contributed by atoms with Gasteiger partial charge in [-0.2, -0.15) is 0 Å². The van der Waals surface area contributed by atoms with Gasteiger partial charge in [-0.1, -0.05) is 37.5 Å². The van der Waals surface area contributed by atoms with Crippen LogP contribution in [0.5, 0.6) is 0 Å². The molecule has 0 fully saturated rings. The SMILES string of the molecule is C=Cc1oc(NC(=O)OCC2=CC=CCC2)c(Br)c1C=C. The minimum absolute atomic E-state index is 0.275. The summed E-state index contributed by atoms with van der Waals surface area (Å²) in [6, 6.07) is 0. The van der Waals surface area contributed by atoms with Crippen LogP contribution < -0.4 is 5.32 Å². The summed E-state index contributed by atoms with van der Waals surface area (Å²) in [6.07, 6.45) is 10.5. The van der Waals surface area contributed by atoms with E-state index in [0.29, 0.717) is 10.2 Å². The summed E-state index contributed by atoms with van der Waals surface area (Å²) in [5.41, 5.74) is 1.82. The van der Waals surface area contributed by atoms with Crippen molar-refractivity contribution in [1.29, 1.82) is 0 Å². The van der Waals surface area contributed by atoms with E-state index in [9.17, 15) is 4.79 Å². The van der Waals surface area contributed by atoms with Crippen LogP contribution in [0, 0.1) is 0 Å². The lowest BCUT2D eigenvalue weighted by molar-refractivity contribution is 0.170. The first-order chi connectivity index (χ1) is 10.2. The van der Waals surface area contributed by atoms with E-state index in [1.807, 2.05) is 12.2 Å². The smallest absolute Gasteiger partial charge is 0.414 e. The van der Waals surface area contributed by atoms with Gasteiger partial charge in [-0.3, -0.25) is 5.32 Å². The fourth-order valence-corrected chi connectivity index (χ4v) is 2.46. The molecule has 0 bridgehead atoms. The minimum Gasteiger partial charge on any atom is -0.445 e. The van der Waals surface area contributed by atoms with E-state index in [0.717, 1.165) is 24.0 Å². The zero-order valence-corrected chi connectivity index (χ0v) is 13.1. The van der Waals surface area contributed by atoms with Crippen molar-refractivity contribution in [2.45, 2.75) is 12.8 Å². The second kappa shape index (κ2) is 7.13. The fourth-order valence-electron chi connectivity index (χ4n) is 1.92. The second-order valence-electron chi connectivity index (χ2n) is 4.42. The van der Waals surface area contributed by atoms with Gasteiger partial charge in [-0.15, -0.1) is 0 Å². The van der Waals surface area contributed by atoms with Crippen LogP contribution in [0.15, 0.2) is 45.8 Å². The van der Waals surface area contributed by atoms with E-state index >= 15 is 0 Å². The van der Waals surface area contributed by atoms with Gasteiger partial charge in [0, 0.05) is 5.56 Å². The number of rotatable bonds is 5. The van der Waals surface area contributed by atoms with E-state index in [2.05, 4.69) is 40.5 Å². The molecule has 0 aromatic carbocycles. The topological polar surface area (TPSA) is 51.5 Å². The van der Waals surface area contributed by atoms with Crippen LogP contribution in [0.25, 0.3) is 12.2 Å². The predicted molar refractivity (Wildman–Crippen MR) is 88.0 cm³/mol. The standard InChI is InChI=1S/C16H16BrNO3/c1-3-12-13(4-2)21-15(14(12)17)18-16(19)20-10-11-8-6-5-7-9-11/h3-6,8H,1-2,7,9-10H2,(H,18,19). The van der Waals surface area contributed by atoms with Crippen molar-refractivity contribution < 1.29 is 13.9 Å². The maximum atomic E-state index is 11.8. The van der Waals surface area contributed by atoms with Crippen LogP contribution >= 0.6 is 15.9 Å². The van der Waals surface area contributed by atoms with Crippen molar-refractivity contribution >= 4 is 40.1 Å². The molecular formula is C16H16BrNO3. The first kappa shape index (κ1) is 15.4. The van der Waals surface area contributed by atoms with Crippen LogP contribution in [0.1, 0.15) is 24.2 Å². The Hall–Kier alpha value is -2.01. The van der Waals surface area contributed by atoms with E-state index < -0.39 is 6.09 Å². The average molecular weight is 350 g/mol. The van der Waals surface area contributed by atoms with Crippen LogP contribution in [-0.4, -0.2) is 12.7 Å². The highest BCUT2D eigenvalue weighted by Crippen LogP contribution is 2.34. The molecule has 1 aromatic rings. The summed E-state index contributed by atoms with van der Waals surface area (Å²) in [7, 11) is 0. The van der Waals surface area contributed by atoms with Crippen molar-refractivity contribution in [3.05, 3.63) is 52.8 Å². The largest absolute Gasteiger partial charge is 0.445 e. The molecule has 5 heteroatoms. The number of hydrogen-bond acceptors (Lipinski definition) is 3.